The summed E-state index contributed by atoms with van der Waals surface area (Å²) in [6, 6.07) is 4.51. The summed E-state index contributed by atoms with van der Waals surface area (Å²) in [7, 11) is 1.53. The minimum atomic E-state index is -0.426. The Hall–Kier alpha value is -1.04. The quantitative estimate of drug-likeness (QED) is 0.376. The minimum absolute atomic E-state index is 0. The molecule has 0 unspecified atom stereocenters. The third kappa shape index (κ3) is 4.77. The lowest BCUT2D eigenvalue weighted by Crippen LogP contribution is -2.16. The van der Waals surface area contributed by atoms with Crippen LogP contribution in [0, 0.1) is 10.1 Å². The molecule has 5 nitrogen and oxygen atoms in total. The van der Waals surface area contributed by atoms with E-state index in [0.29, 0.717) is 24.7 Å². The van der Waals surface area contributed by atoms with Gasteiger partial charge in [0.25, 0.3) is 5.69 Å². The van der Waals surface area contributed by atoms with Gasteiger partial charge in [-0.25, -0.2) is 0 Å². The monoisotopic (exact) mass is 280 g/mol. The van der Waals surface area contributed by atoms with Crippen LogP contribution >= 0.6 is 24.0 Å². The molecule has 1 aromatic rings. The van der Waals surface area contributed by atoms with E-state index in [0.717, 1.165) is 5.56 Å². The number of nitrogens with one attached hydrogen (secondary N) is 1. The highest BCUT2D eigenvalue weighted by Crippen LogP contribution is 2.23. The maximum atomic E-state index is 10.6. The first-order chi connectivity index (χ1) is 7.69. The largest absolute Gasteiger partial charge is 0.496 e. The van der Waals surface area contributed by atoms with Gasteiger partial charge in [0.2, 0.25) is 0 Å². The smallest absolute Gasteiger partial charge is 0.270 e. The third-order valence-electron chi connectivity index (χ3n) is 2.06. The van der Waals surface area contributed by atoms with E-state index in [9.17, 15) is 10.1 Å². The van der Waals surface area contributed by atoms with Crippen molar-refractivity contribution in [1.82, 2.24) is 5.32 Å². The van der Waals surface area contributed by atoms with Crippen LogP contribution in [0.25, 0.3) is 0 Å². The number of nitrogens with zero attached hydrogens (tertiary/aromatic N) is 1. The molecule has 0 radical (unpaired) electrons. The molecule has 96 valence electrons. The van der Waals surface area contributed by atoms with Crippen molar-refractivity contribution in [3.8, 4) is 5.75 Å². The van der Waals surface area contributed by atoms with Gasteiger partial charge in [-0.1, -0.05) is 0 Å². The molecule has 0 aliphatic heterocycles. The Bertz CT molecular complexity index is 375. The van der Waals surface area contributed by atoms with Crippen LogP contribution in [0.2, 0.25) is 0 Å². The van der Waals surface area contributed by atoms with Gasteiger partial charge >= 0.3 is 0 Å². The number of benzene rings is 1. The van der Waals surface area contributed by atoms with E-state index in [-0.39, 0.29) is 18.1 Å². The lowest BCUT2D eigenvalue weighted by molar-refractivity contribution is -0.384. The maximum absolute atomic E-state index is 10.6. The number of hydrogen-bond acceptors (Lipinski definition) is 4. The number of rotatable bonds is 6. The van der Waals surface area contributed by atoms with Crippen molar-refractivity contribution in [1.29, 1.82) is 0 Å². The van der Waals surface area contributed by atoms with E-state index in [2.05, 4.69) is 5.32 Å². The van der Waals surface area contributed by atoms with Crippen molar-refractivity contribution in [3.63, 3.8) is 0 Å². The van der Waals surface area contributed by atoms with E-state index in [1.807, 2.05) is 0 Å². The lowest BCUT2D eigenvalue weighted by Gasteiger charge is -2.08. The molecule has 17 heavy (non-hydrogen) atoms. The van der Waals surface area contributed by atoms with Crippen molar-refractivity contribution in [2.45, 2.75) is 6.54 Å². The normalized spacial score (nSPS) is 9.53. The number of nitro groups is 1. The van der Waals surface area contributed by atoms with Gasteiger partial charge in [-0.05, 0) is 6.07 Å². The number of alkyl halides is 1. The molecule has 0 aliphatic rings. The second kappa shape index (κ2) is 8.11. The van der Waals surface area contributed by atoms with Crippen LogP contribution in [0.1, 0.15) is 5.56 Å². The van der Waals surface area contributed by atoms with Crippen molar-refractivity contribution >= 4 is 29.7 Å². The fraction of sp³-hybridized carbons (Fsp3) is 0.400. The van der Waals surface area contributed by atoms with E-state index in [1.54, 1.807) is 6.07 Å². The summed E-state index contributed by atoms with van der Waals surface area (Å²) in [5.41, 5.74) is 0.810. The zero-order chi connectivity index (χ0) is 12.0. The predicted molar refractivity (Wildman–Crippen MR) is 69.3 cm³/mol. The van der Waals surface area contributed by atoms with E-state index in [1.165, 1.54) is 19.2 Å². The van der Waals surface area contributed by atoms with Gasteiger partial charge in [0.15, 0.2) is 0 Å². The molecular formula is C10H14Cl2N2O3. The predicted octanol–water partition coefficient (Wildman–Crippen LogP) is 2.35. The Morgan fingerprint density at radius 1 is 1.53 bits per heavy atom. The summed E-state index contributed by atoms with van der Waals surface area (Å²) in [4.78, 5) is 10.2. The molecule has 0 saturated heterocycles. The first kappa shape index (κ1) is 16.0. The highest BCUT2D eigenvalue weighted by molar-refractivity contribution is 6.18. The van der Waals surface area contributed by atoms with Gasteiger partial charge in [0.05, 0.1) is 12.0 Å². The molecule has 0 bridgehead atoms. The summed E-state index contributed by atoms with van der Waals surface area (Å²) in [5.74, 6) is 1.13. The fourth-order valence-electron chi connectivity index (χ4n) is 1.31. The van der Waals surface area contributed by atoms with Crippen LogP contribution in [-0.2, 0) is 6.54 Å². The Morgan fingerprint density at radius 2 is 2.24 bits per heavy atom. The van der Waals surface area contributed by atoms with E-state index < -0.39 is 4.92 Å². The topological polar surface area (TPSA) is 64.4 Å². The molecule has 1 aromatic carbocycles. The molecule has 7 heteroatoms. The lowest BCUT2D eigenvalue weighted by atomic mass is 10.1. The van der Waals surface area contributed by atoms with Gasteiger partial charge in [0.1, 0.15) is 5.75 Å². The standard InChI is InChI=1S/C10H13ClN2O3.ClH/c1-16-10-3-2-9(13(14)15)6-8(10)7-12-5-4-11;/h2-3,6,12H,4-5,7H2,1H3;1H. The second-order valence-corrected chi connectivity index (χ2v) is 3.50. The zero-order valence-corrected chi connectivity index (χ0v) is 10.9. The average Bonchev–Trinajstić information content (AvgIpc) is 2.29. The molecule has 0 aromatic heterocycles. The van der Waals surface area contributed by atoms with Crippen molar-refractivity contribution in [3.05, 3.63) is 33.9 Å². The molecular weight excluding hydrogens is 267 g/mol. The van der Waals surface area contributed by atoms with Crippen LogP contribution < -0.4 is 10.1 Å². The highest BCUT2D eigenvalue weighted by Gasteiger charge is 2.10. The first-order valence-electron chi connectivity index (χ1n) is 4.77. The number of hydrogen-bond donors (Lipinski definition) is 1. The molecule has 0 heterocycles. The summed E-state index contributed by atoms with van der Waals surface area (Å²) in [6.45, 7) is 1.14. The first-order valence-corrected chi connectivity index (χ1v) is 5.30. The second-order valence-electron chi connectivity index (χ2n) is 3.12. The molecule has 1 rings (SSSR count). The summed E-state index contributed by atoms with van der Waals surface area (Å²) in [6.07, 6.45) is 0. The summed E-state index contributed by atoms with van der Waals surface area (Å²) >= 11 is 5.52. The number of ether oxygens (including phenoxy) is 1. The zero-order valence-electron chi connectivity index (χ0n) is 9.31. The van der Waals surface area contributed by atoms with Gasteiger partial charge in [-0.2, -0.15) is 0 Å². The third-order valence-corrected chi connectivity index (χ3v) is 2.25. The van der Waals surface area contributed by atoms with Crippen LogP contribution in [0.5, 0.6) is 5.75 Å². The minimum Gasteiger partial charge on any atom is -0.496 e. The molecule has 0 saturated carbocycles. The molecule has 1 N–H and O–H groups in total. The van der Waals surface area contributed by atoms with Gasteiger partial charge < -0.3 is 10.1 Å². The van der Waals surface area contributed by atoms with Crippen LogP contribution in [-0.4, -0.2) is 24.5 Å². The van der Waals surface area contributed by atoms with Gasteiger partial charge in [-0.15, -0.1) is 24.0 Å². The Labute approximate surface area is 111 Å². The fourth-order valence-corrected chi connectivity index (χ4v) is 1.44. The molecule has 0 spiro atoms. The molecule has 0 aliphatic carbocycles. The Balaban J connectivity index is 0.00000256. The highest BCUT2D eigenvalue weighted by atomic mass is 35.5. The maximum Gasteiger partial charge on any atom is 0.270 e. The van der Waals surface area contributed by atoms with Crippen LogP contribution in [0.3, 0.4) is 0 Å². The van der Waals surface area contributed by atoms with Crippen molar-refractivity contribution in [2.75, 3.05) is 19.5 Å². The van der Waals surface area contributed by atoms with Crippen LogP contribution in [0.4, 0.5) is 5.69 Å². The summed E-state index contributed by atoms with van der Waals surface area (Å²) in [5, 5.41) is 13.7. The number of non-ortho nitro benzene ring substituents is 1. The van der Waals surface area contributed by atoms with Crippen molar-refractivity contribution < 1.29 is 9.66 Å². The number of methoxy groups -OCH3 is 1. The van der Waals surface area contributed by atoms with Gasteiger partial charge in [-0.3, -0.25) is 10.1 Å². The van der Waals surface area contributed by atoms with E-state index >= 15 is 0 Å². The summed E-state index contributed by atoms with van der Waals surface area (Å²) < 4.78 is 5.12. The van der Waals surface area contributed by atoms with Crippen molar-refractivity contribution in [2.24, 2.45) is 0 Å². The molecule has 0 fully saturated rings. The molecule has 0 amide bonds. The SMILES string of the molecule is COc1ccc([N+](=O)[O-])cc1CNCCCl.Cl. The molecule has 0 atom stereocenters. The Morgan fingerprint density at radius 3 is 2.76 bits per heavy atom. The number of nitro benzene ring substituents is 1. The number of halogens is 2. The Kier molecular flexibility index (Phi) is 7.61. The van der Waals surface area contributed by atoms with E-state index in [4.69, 9.17) is 16.3 Å². The average molecular weight is 281 g/mol. The van der Waals surface area contributed by atoms with Gasteiger partial charge in [0, 0.05) is 36.7 Å². The van der Waals surface area contributed by atoms with Crippen LogP contribution in [0.15, 0.2) is 18.2 Å².